The van der Waals surface area contributed by atoms with Crippen molar-refractivity contribution in [3.8, 4) is 0 Å². The standard InChI is InChI=1S/C15H16ClN3O2/c1-21-9-11-5-3-2-4-10(11)7-19-15(20)12-6-14(16)18-8-13(12)17/h2-6,8H,7,9,17H2,1H3,(H,19,20). The number of hydrogen-bond donors (Lipinski definition) is 2. The Balaban J connectivity index is 2.09. The van der Waals surface area contributed by atoms with Crippen molar-refractivity contribution in [1.29, 1.82) is 0 Å². The smallest absolute Gasteiger partial charge is 0.253 e. The van der Waals surface area contributed by atoms with Crippen LogP contribution in [0.4, 0.5) is 5.69 Å². The largest absolute Gasteiger partial charge is 0.397 e. The number of amides is 1. The number of nitrogens with zero attached hydrogens (tertiary/aromatic N) is 1. The number of rotatable bonds is 5. The van der Waals surface area contributed by atoms with E-state index in [1.807, 2.05) is 24.3 Å². The number of nitrogen functional groups attached to an aromatic ring is 1. The number of anilines is 1. The molecule has 0 fully saturated rings. The van der Waals surface area contributed by atoms with E-state index in [2.05, 4.69) is 10.3 Å². The third-order valence-corrected chi connectivity index (χ3v) is 3.21. The van der Waals surface area contributed by atoms with Gasteiger partial charge in [0.1, 0.15) is 5.15 Å². The summed E-state index contributed by atoms with van der Waals surface area (Å²) in [6, 6.07) is 9.20. The van der Waals surface area contributed by atoms with E-state index in [0.29, 0.717) is 24.4 Å². The van der Waals surface area contributed by atoms with Crippen LogP contribution in [-0.4, -0.2) is 18.0 Å². The number of pyridine rings is 1. The Hall–Kier alpha value is -2.11. The van der Waals surface area contributed by atoms with Crippen molar-refractivity contribution in [2.24, 2.45) is 0 Å². The first-order valence-corrected chi connectivity index (χ1v) is 6.74. The minimum Gasteiger partial charge on any atom is -0.397 e. The summed E-state index contributed by atoms with van der Waals surface area (Å²) in [6.45, 7) is 0.882. The van der Waals surface area contributed by atoms with Crippen molar-refractivity contribution >= 4 is 23.2 Å². The predicted molar refractivity (Wildman–Crippen MR) is 82.0 cm³/mol. The summed E-state index contributed by atoms with van der Waals surface area (Å²) in [5, 5.41) is 3.05. The Morgan fingerprint density at radius 3 is 2.81 bits per heavy atom. The highest BCUT2D eigenvalue weighted by molar-refractivity contribution is 6.29. The molecule has 0 saturated heterocycles. The fourth-order valence-electron chi connectivity index (χ4n) is 1.93. The summed E-state index contributed by atoms with van der Waals surface area (Å²) in [7, 11) is 1.63. The van der Waals surface area contributed by atoms with Crippen LogP contribution in [-0.2, 0) is 17.9 Å². The van der Waals surface area contributed by atoms with Gasteiger partial charge in [0.25, 0.3) is 5.91 Å². The number of hydrogen-bond acceptors (Lipinski definition) is 4. The summed E-state index contributed by atoms with van der Waals surface area (Å²) in [4.78, 5) is 16.0. The monoisotopic (exact) mass is 305 g/mol. The molecule has 0 unspecified atom stereocenters. The number of nitrogens with two attached hydrogens (primary N) is 1. The van der Waals surface area contributed by atoms with Gasteiger partial charge in [0.05, 0.1) is 24.1 Å². The van der Waals surface area contributed by atoms with Crippen LogP contribution in [0, 0.1) is 0 Å². The van der Waals surface area contributed by atoms with Crippen LogP contribution in [0.5, 0.6) is 0 Å². The van der Waals surface area contributed by atoms with Crippen LogP contribution in [0.1, 0.15) is 21.5 Å². The molecule has 0 bridgehead atoms. The lowest BCUT2D eigenvalue weighted by atomic mass is 10.1. The molecule has 0 aliphatic rings. The first kappa shape index (κ1) is 15.3. The molecule has 0 atom stereocenters. The fraction of sp³-hybridized carbons (Fsp3) is 0.200. The molecule has 0 spiro atoms. The zero-order chi connectivity index (χ0) is 15.2. The van der Waals surface area contributed by atoms with Gasteiger partial charge in [0, 0.05) is 13.7 Å². The molecule has 2 aromatic rings. The first-order valence-electron chi connectivity index (χ1n) is 6.36. The molecule has 1 aromatic carbocycles. The molecule has 0 aliphatic carbocycles. The van der Waals surface area contributed by atoms with Crippen molar-refractivity contribution in [2.45, 2.75) is 13.2 Å². The number of carbonyl (C=O) groups is 1. The van der Waals surface area contributed by atoms with Gasteiger partial charge in [0.15, 0.2) is 0 Å². The molecular weight excluding hydrogens is 290 g/mol. The number of aromatic nitrogens is 1. The maximum Gasteiger partial charge on any atom is 0.253 e. The van der Waals surface area contributed by atoms with Gasteiger partial charge >= 0.3 is 0 Å². The van der Waals surface area contributed by atoms with E-state index in [-0.39, 0.29) is 11.1 Å². The van der Waals surface area contributed by atoms with E-state index in [0.717, 1.165) is 11.1 Å². The number of methoxy groups -OCH3 is 1. The van der Waals surface area contributed by atoms with Gasteiger partial charge in [-0.25, -0.2) is 4.98 Å². The SMILES string of the molecule is COCc1ccccc1CNC(=O)c1cc(Cl)ncc1N. The molecule has 0 radical (unpaired) electrons. The van der Waals surface area contributed by atoms with E-state index in [1.165, 1.54) is 12.3 Å². The lowest BCUT2D eigenvalue weighted by Crippen LogP contribution is -2.24. The van der Waals surface area contributed by atoms with Gasteiger partial charge in [-0.05, 0) is 17.2 Å². The number of nitrogens with one attached hydrogen (secondary N) is 1. The van der Waals surface area contributed by atoms with Crippen LogP contribution >= 0.6 is 11.6 Å². The zero-order valence-corrected chi connectivity index (χ0v) is 12.4. The Bertz CT molecular complexity index is 647. The average molecular weight is 306 g/mol. The Kier molecular flexibility index (Phi) is 5.14. The van der Waals surface area contributed by atoms with Crippen LogP contribution in [0.2, 0.25) is 5.15 Å². The van der Waals surface area contributed by atoms with E-state index >= 15 is 0 Å². The summed E-state index contributed by atoms with van der Waals surface area (Å²) in [6.07, 6.45) is 1.37. The summed E-state index contributed by atoms with van der Waals surface area (Å²) in [5.74, 6) is -0.288. The Labute approximate surface area is 128 Å². The van der Waals surface area contributed by atoms with Crippen molar-refractivity contribution in [3.63, 3.8) is 0 Å². The number of halogens is 1. The maximum absolute atomic E-state index is 12.2. The average Bonchev–Trinajstić information content (AvgIpc) is 2.49. The second-order valence-corrected chi connectivity index (χ2v) is 4.87. The van der Waals surface area contributed by atoms with Gasteiger partial charge in [-0.1, -0.05) is 35.9 Å². The molecule has 1 aromatic heterocycles. The first-order chi connectivity index (χ1) is 10.1. The maximum atomic E-state index is 12.2. The summed E-state index contributed by atoms with van der Waals surface area (Å²) >= 11 is 5.78. The summed E-state index contributed by atoms with van der Waals surface area (Å²) < 4.78 is 5.14. The number of benzene rings is 1. The van der Waals surface area contributed by atoms with E-state index in [1.54, 1.807) is 7.11 Å². The highest BCUT2D eigenvalue weighted by Crippen LogP contribution is 2.15. The third kappa shape index (κ3) is 3.93. The fourth-order valence-corrected chi connectivity index (χ4v) is 2.09. The van der Waals surface area contributed by atoms with Gasteiger partial charge < -0.3 is 15.8 Å². The second-order valence-electron chi connectivity index (χ2n) is 4.48. The highest BCUT2D eigenvalue weighted by Gasteiger charge is 2.11. The molecule has 0 saturated carbocycles. The van der Waals surface area contributed by atoms with Crippen molar-refractivity contribution in [1.82, 2.24) is 10.3 Å². The zero-order valence-electron chi connectivity index (χ0n) is 11.6. The second kappa shape index (κ2) is 7.06. The topological polar surface area (TPSA) is 77.2 Å². The van der Waals surface area contributed by atoms with Crippen molar-refractivity contribution in [3.05, 3.63) is 58.4 Å². The van der Waals surface area contributed by atoms with Gasteiger partial charge in [-0.15, -0.1) is 0 Å². The molecule has 2 rings (SSSR count). The van der Waals surface area contributed by atoms with E-state index in [9.17, 15) is 4.79 Å². The predicted octanol–water partition coefficient (Wildman–Crippen LogP) is 2.39. The Morgan fingerprint density at radius 1 is 1.38 bits per heavy atom. The molecule has 0 aliphatic heterocycles. The third-order valence-electron chi connectivity index (χ3n) is 3.00. The highest BCUT2D eigenvalue weighted by atomic mass is 35.5. The molecule has 5 nitrogen and oxygen atoms in total. The molecule has 1 heterocycles. The minimum atomic E-state index is -0.288. The lowest BCUT2D eigenvalue weighted by molar-refractivity contribution is 0.0951. The van der Waals surface area contributed by atoms with Crippen LogP contribution in [0.3, 0.4) is 0 Å². The molecule has 6 heteroatoms. The Morgan fingerprint density at radius 2 is 2.10 bits per heavy atom. The van der Waals surface area contributed by atoms with Gasteiger partial charge in [0.2, 0.25) is 0 Å². The molecule has 1 amide bonds. The minimum absolute atomic E-state index is 0.231. The van der Waals surface area contributed by atoms with Crippen LogP contribution in [0.25, 0.3) is 0 Å². The van der Waals surface area contributed by atoms with Crippen LogP contribution in [0.15, 0.2) is 36.5 Å². The van der Waals surface area contributed by atoms with E-state index in [4.69, 9.17) is 22.1 Å². The van der Waals surface area contributed by atoms with Crippen molar-refractivity contribution in [2.75, 3.05) is 12.8 Å². The molecule has 110 valence electrons. The molecule has 3 N–H and O–H groups in total. The van der Waals surface area contributed by atoms with E-state index < -0.39 is 0 Å². The van der Waals surface area contributed by atoms with Crippen LogP contribution < -0.4 is 11.1 Å². The van der Waals surface area contributed by atoms with Gasteiger partial charge in [-0.2, -0.15) is 0 Å². The van der Waals surface area contributed by atoms with Gasteiger partial charge in [-0.3, -0.25) is 4.79 Å². The molecular formula is C15H16ClN3O2. The lowest BCUT2D eigenvalue weighted by Gasteiger charge is -2.11. The number of carbonyl (C=O) groups excluding carboxylic acids is 1. The quantitative estimate of drug-likeness (QED) is 0.832. The summed E-state index contributed by atoms with van der Waals surface area (Å²) in [5.41, 5.74) is 8.37. The molecule has 21 heavy (non-hydrogen) atoms. The normalized spacial score (nSPS) is 10.4. The van der Waals surface area contributed by atoms with Crippen molar-refractivity contribution < 1.29 is 9.53 Å². The number of ether oxygens (including phenoxy) is 1.